The van der Waals surface area contributed by atoms with Gasteiger partial charge in [-0.15, -0.1) is 22.7 Å². The summed E-state index contributed by atoms with van der Waals surface area (Å²) in [5.41, 5.74) is 2.55. The maximum atomic E-state index is 5.07. The molecule has 122 valence electrons. The van der Waals surface area contributed by atoms with Gasteiger partial charge >= 0.3 is 0 Å². The first-order valence-corrected chi connectivity index (χ1v) is 10.5. The van der Waals surface area contributed by atoms with Gasteiger partial charge in [0.05, 0.1) is 16.6 Å². The molecule has 2 saturated carbocycles. The second kappa shape index (κ2) is 7.14. The zero-order valence-corrected chi connectivity index (χ0v) is 15.0. The predicted molar refractivity (Wildman–Crippen MR) is 99.4 cm³/mol. The number of nitrogens with zero attached hydrogens (tertiary/aromatic N) is 3. The summed E-state index contributed by atoms with van der Waals surface area (Å²) in [6, 6.07) is 4.79. The molecule has 2 aromatic heterocycles. The lowest BCUT2D eigenvalue weighted by molar-refractivity contribution is 0.435. The molecule has 0 amide bonds. The molecule has 3 nitrogen and oxygen atoms in total. The number of rotatable bonds is 3. The lowest BCUT2D eigenvalue weighted by atomic mass is 9.96. The van der Waals surface area contributed by atoms with Gasteiger partial charge in [-0.1, -0.05) is 25.3 Å². The van der Waals surface area contributed by atoms with Crippen LogP contribution in [0.2, 0.25) is 0 Å². The second-order valence-corrected chi connectivity index (χ2v) is 8.27. The molecule has 2 aliphatic carbocycles. The Bertz CT molecular complexity index is 723. The van der Waals surface area contributed by atoms with Crippen LogP contribution >= 0.6 is 22.7 Å². The van der Waals surface area contributed by atoms with E-state index in [1.165, 1.54) is 61.2 Å². The fourth-order valence-electron chi connectivity index (χ4n) is 3.47. The van der Waals surface area contributed by atoms with E-state index in [1.807, 2.05) is 0 Å². The fourth-order valence-corrected chi connectivity index (χ4v) is 5.17. The van der Waals surface area contributed by atoms with Gasteiger partial charge in [-0.3, -0.25) is 4.99 Å². The molecule has 4 rings (SSSR count). The summed E-state index contributed by atoms with van der Waals surface area (Å²) in [4.78, 5) is 7.44. The Hall–Kier alpha value is -1.20. The summed E-state index contributed by atoms with van der Waals surface area (Å²) in [6.45, 7) is 0. The number of thiophene rings is 1. The third-order valence-electron chi connectivity index (χ3n) is 4.75. The third kappa shape index (κ3) is 3.50. The Morgan fingerprint density at radius 2 is 1.83 bits per heavy atom. The van der Waals surface area contributed by atoms with Gasteiger partial charge in [0, 0.05) is 11.1 Å². The van der Waals surface area contributed by atoms with Crippen LogP contribution < -0.4 is 4.80 Å². The van der Waals surface area contributed by atoms with E-state index in [0.717, 1.165) is 17.6 Å². The van der Waals surface area contributed by atoms with E-state index in [9.17, 15) is 0 Å². The SMILES string of the molecule is c1csc(-c2csc(=NC3CCCCC3)n2N=C2CCCC2)c1. The van der Waals surface area contributed by atoms with Crippen molar-refractivity contribution in [1.82, 2.24) is 4.68 Å². The molecule has 0 radical (unpaired) electrons. The maximum absolute atomic E-state index is 5.07. The van der Waals surface area contributed by atoms with Gasteiger partial charge in [-0.2, -0.15) is 5.10 Å². The summed E-state index contributed by atoms with van der Waals surface area (Å²) < 4.78 is 2.13. The molecule has 0 atom stereocenters. The Morgan fingerprint density at radius 1 is 1.00 bits per heavy atom. The summed E-state index contributed by atoms with van der Waals surface area (Å²) in [5, 5.41) is 9.36. The first-order valence-electron chi connectivity index (χ1n) is 8.75. The zero-order valence-electron chi connectivity index (χ0n) is 13.4. The maximum Gasteiger partial charge on any atom is 0.206 e. The molecule has 0 unspecified atom stereocenters. The smallest absolute Gasteiger partial charge is 0.206 e. The van der Waals surface area contributed by atoms with E-state index in [1.54, 1.807) is 22.7 Å². The minimum Gasteiger partial charge on any atom is -0.254 e. The van der Waals surface area contributed by atoms with Crippen molar-refractivity contribution >= 4 is 28.4 Å². The highest BCUT2D eigenvalue weighted by Crippen LogP contribution is 2.26. The van der Waals surface area contributed by atoms with Crippen LogP contribution in [0, 0.1) is 0 Å². The Kier molecular flexibility index (Phi) is 4.76. The van der Waals surface area contributed by atoms with Crippen LogP contribution in [0.4, 0.5) is 0 Å². The average molecular weight is 346 g/mol. The highest BCUT2D eigenvalue weighted by atomic mass is 32.1. The highest BCUT2D eigenvalue weighted by Gasteiger charge is 2.15. The summed E-state index contributed by atoms with van der Waals surface area (Å²) in [6.07, 6.45) is 11.4. The topological polar surface area (TPSA) is 29.6 Å². The average Bonchev–Trinajstić information content (AvgIpc) is 3.32. The van der Waals surface area contributed by atoms with Crippen molar-refractivity contribution in [3.05, 3.63) is 27.7 Å². The van der Waals surface area contributed by atoms with Crippen molar-refractivity contribution in [1.29, 1.82) is 0 Å². The van der Waals surface area contributed by atoms with Crippen LogP contribution in [0.15, 0.2) is 33.0 Å². The molecule has 0 spiro atoms. The first kappa shape index (κ1) is 15.3. The van der Waals surface area contributed by atoms with Gasteiger partial charge in [0.25, 0.3) is 0 Å². The number of thiazole rings is 1. The van der Waals surface area contributed by atoms with Crippen molar-refractivity contribution in [2.75, 3.05) is 0 Å². The molecule has 2 fully saturated rings. The monoisotopic (exact) mass is 345 g/mol. The van der Waals surface area contributed by atoms with Crippen LogP contribution in [-0.4, -0.2) is 16.4 Å². The van der Waals surface area contributed by atoms with Gasteiger partial charge < -0.3 is 0 Å². The van der Waals surface area contributed by atoms with E-state index in [4.69, 9.17) is 10.1 Å². The van der Waals surface area contributed by atoms with Crippen molar-refractivity contribution in [2.45, 2.75) is 63.8 Å². The summed E-state index contributed by atoms with van der Waals surface area (Å²) >= 11 is 3.53. The quantitative estimate of drug-likeness (QED) is 0.723. The minimum absolute atomic E-state index is 0.494. The van der Waals surface area contributed by atoms with Gasteiger partial charge in [0.15, 0.2) is 0 Å². The van der Waals surface area contributed by atoms with Crippen LogP contribution in [0.3, 0.4) is 0 Å². The molecule has 2 aromatic rings. The molecule has 2 aliphatic rings. The van der Waals surface area contributed by atoms with Crippen LogP contribution in [0.1, 0.15) is 57.8 Å². The molecule has 0 saturated heterocycles. The Balaban J connectivity index is 1.76. The van der Waals surface area contributed by atoms with Gasteiger partial charge in [-0.25, -0.2) is 4.68 Å². The minimum atomic E-state index is 0.494. The van der Waals surface area contributed by atoms with E-state index >= 15 is 0 Å². The predicted octanol–water partition coefficient (Wildman–Crippen LogP) is 5.29. The summed E-state index contributed by atoms with van der Waals surface area (Å²) in [5.74, 6) is 0. The molecule has 5 heteroatoms. The molecule has 0 aliphatic heterocycles. The van der Waals surface area contributed by atoms with Crippen molar-refractivity contribution in [3.8, 4) is 10.6 Å². The van der Waals surface area contributed by atoms with Gasteiger partial charge in [-0.05, 0) is 50.0 Å². The van der Waals surface area contributed by atoms with Crippen LogP contribution in [0.5, 0.6) is 0 Å². The number of hydrogen-bond donors (Lipinski definition) is 0. The number of aromatic nitrogens is 1. The van der Waals surface area contributed by atoms with Crippen molar-refractivity contribution in [3.63, 3.8) is 0 Å². The van der Waals surface area contributed by atoms with Gasteiger partial charge in [0.1, 0.15) is 0 Å². The van der Waals surface area contributed by atoms with E-state index in [2.05, 4.69) is 27.6 Å². The second-order valence-electron chi connectivity index (χ2n) is 6.49. The van der Waals surface area contributed by atoms with E-state index < -0.39 is 0 Å². The standard InChI is InChI=1S/C18H23N3S2/c1-2-7-14(8-3-1)19-18-21(20-15-9-4-5-10-15)16(13-23-18)17-11-6-12-22-17/h6,11-14H,1-5,7-10H2. The molecule has 0 aromatic carbocycles. The normalized spacial score (nSPS) is 20.3. The Morgan fingerprint density at radius 3 is 2.57 bits per heavy atom. The lowest BCUT2D eigenvalue weighted by Gasteiger charge is -2.16. The molecule has 2 heterocycles. The third-order valence-corrected chi connectivity index (χ3v) is 6.47. The molecule has 23 heavy (non-hydrogen) atoms. The lowest BCUT2D eigenvalue weighted by Crippen LogP contribution is -2.19. The molecular weight excluding hydrogens is 322 g/mol. The van der Waals surface area contributed by atoms with E-state index in [-0.39, 0.29) is 0 Å². The fraction of sp³-hybridized carbons (Fsp3) is 0.556. The molecule has 0 bridgehead atoms. The van der Waals surface area contributed by atoms with E-state index in [0.29, 0.717) is 6.04 Å². The zero-order chi connectivity index (χ0) is 15.5. The largest absolute Gasteiger partial charge is 0.254 e. The summed E-state index contributed by atoms with van der Waals surface area (Å²) in [7, 11) is 0. The number of hydrogen-bond acceptors (Lipinski definition) is 4. The first-order chi connectivity index (χ1) is 11.4. The van der Waals surface area contributed by atoms with Crippen LogP contribution in [-0.2, 0) is 0 Å². The Labute approximate surface area is 145 Å². The highest BCUT2D eigenvalue weighted by molar-refractivity contribution is 7.14. The van der Waals surface area contributed by atoms with Gasteiger partial charge in [0.2, 0.25) is 4.80 Å². The van der Waals surface area contributed by atoms with Crippen molar-refractivity contribution < 1.29 is 0 Å². The molecule has 0 N–H and O–H groups in total. The van der Waals surface area contributed by atoms with Crippen LogP contribution in [0.25, 0.3) is 10.6 Å². The van der Waals surface area contributed by atoms with Crippen molar-refractivity contribution in [2.24, 2.45) is 10.1 Å². The molecular formula is C18H23N3S2.